The summed E-state index contributed by atoms with van der Waals surface area (Å²) in [5.74, 6) is -0.328. The second kappa shape index (κ2) is 5.25. The molecule has 0 saturated heterocycles. The average Bonchev–Trinajstić information content (AvgIpc) is 2.68. The minimum absolute atomic E-state index is 0.328. The van der Waals surface area contributed by atoms with Crippen LogP contribution < -0.4 is 0 Å². The van der Waals surface area contributed by atoms with E-state index in [2.05, 4.69) is 20.9 Å². The average molecular weight is 316 g/mol. The van der Waals surface area contributed by atoms with Gasteiger partial charge in [-0.15, -0.1) is 11.3 Å². The van der Waals surface area contributed by atoms with Gasteiger partial charge in [-0.25, -0.2) is 9.37 Å². The quantitative estimate of drug-likeness (QED) is 0.938. The zero-order valence-electron chi connectivity index (χ0n) is 9.15. The van der Waals surface area contributed by atoms with Crippen LogP contribution in [0.25, 0.3) is 0 Å². The van der Waals surface area contributed by atoms with E-state index >= 15 is 0 Å². The van der Waals surface area contributed by atoms with Crippen LogP contribution in [-0.4, -0.2) is 10.1 Å². The van der Waals surface area contributed by atoms with E-state index in [-0.39, 0.29) is 5.82 Å². The SMILES string of the molecule is Cc1nc(CC(O)c2ccc(F)c(Br)c2)cs1. The molecule has 0 aliphatic heterocycles. The molecule has 0 aliphatic rings. The number of aliphatic hydroxyl groups excluding tert-OH is 1. The molecule has 0 saturated carbocycles. The van der Waals surface area contributed by atoms with Crippen molar-refractivity contribution in [3.63, 3.8) is 0 Å². The van der Waals surface area contributed by atoms with Crippen molar-refractivity contribution in [2.24, 2.45) is 0 Å². The fraction of sp³-hybridized carbons (Fsp3) is 0.250. The van der Waals surface area contributed by atoms with E-state index in [1.165, 1.54) is 6.07 Å². The third-order valence-electron chi connectivity index (χ3n) is 2.40. The molecule has 1 N–H and O–H groups in total. The Hall–Kier alpha value is -0.780. The van der Waals surface area contributed by atoms with Crippen molar-refractivity contribution < 1.29 is 9.50 Å². The highest BCUT2D eigenvalue weighted by Gasteiger charge is 2.12. The van der Waals surface area contributed by atoms with Gasteiger partial charge < -0.3 is 5.11 Å². The van der Waals surface area contributed by atoms with Gasteiger partial charge in [0, 0.05) is 11.8 Å². The Labute approximate surface area is 111 Å². The van der Waals surface area contributed by atoms with E-state index in [4.69, 9.17) is 0 Å². The molecule has 0 bridgehead atoms. The van der Waals surface area contributed by atoms with Crippen molar-refractivity contribution in [3.05, 3.63) is 50.1 Å². The van der Waals surface area contributed by atoms with E-state index in [0.29, 0.717) is 16.5 Å². The van der Waals surface area contributed by atoms with Crippen LogP contribution >= 0.6 is 27.3 Å². The molecule has 2 rings (SSSR count). The van der Waals surface area contributed by atoms with Crippen molar-refractivity contribution in [1.82, 2.24) is 4.98 Å². The Morgan fingerprint density at radius 2 is 2.29 bits per heavy atom. The molecule has 5 heteroatoms. The van der Waals surface area contributed by atoms with E-state index in [0.717, 1.165) is 10.7 Å². The number of rotatable bonds is 3. The summed E-state index contributed by atoms with van der Waals surface area (Å²) >= 11 is 4.66. The zero-order chi connectivity index (χ0) is 12.4. The molecule has 2 nitrogen and oxygen atoms in total. The summed E-state index contributed by atoms with van der Waals surface area (Å²) in [4.78, 5) is 4.29. The normalized spacial score (nSPS) is 12.7. The molecular formula is C12H11BrFNOS. The van der Waals surface area contributed by atoms with Gasteiger partial charge in [0.15, 0.2) is 0 Å². The lowest BCUT2D eigenvalue weighted by molar-refractivity contribution is 0.177. The smallest absolute Gasteiger partial charge is 0.137 e. The number of nitrogens with zero attached hydrogens (tertiary/aromatic N) is 1. The predicted molar refractivity (Wildman–Crippen MR) is 69.6 cm³/mol. The molecule has 0 aliphatic carbocycles. The number of aromatic nitrogens is 1. The molecule has 1 heterocycles. The van der Waals surface area contributed by atoms with E-state index < -0.39 is 6.10 Å². The van der Waals surface area contributed by atoms with Gasteiger partial charge in [-0.1, -0.05) is 6.07 Å². The van der Waals surface area contributed by atoms with Crippen LogP contribution in [0.3, 0.4) is 0 Å². The Morgan fingerprint density at radius 1 is 1.53 bits per heavy atom. The Bertz CT molecular complexity index is 529. The lowest BCUT2D eigenvalue weighted by Crippen LogP contribution is -2.02. The van der Waals surface area contributed by atoms with Crippen LogP contribution in [0.5, 0.6) is 0 Å². The van der Waals surface area contributed by atoms with Crippen molar-refractivity contribution in [2.45, 2.75) is 19.4 Å². The second-order valence-electron chi connectivity index (χ2n) is 3.75. The number of thiazole rings is 1. The third kappa shape index (κ3) is 3.12. The first kappa shape index (κ1) is 12.7. The van der Waals surface area contributed by atoms with Crippen LogP contribution in [0.15, 0.2) is 28.1 Å². The number of halogens is 2. The van der Waals surface area contributed by atoms with Gasteiger partial charge in [-0.2, -0.15) is 0 Å². The van der Waals surface area contributed by atoms with Gasteiger partial charge in [0.2, 0.25) is 0 Å². The summed E-state index contributed by atoms with van der Waals surface area (Å²) in [5, 5.41) is 12.9. The summed E-state index contributed by atoms with van der Waals surface area (Å²) in [7, 11) is 0. The minimum atomic E-state index is -0.659. The lowest BCUT2D eigenvalue weighted by Gasteiger charge is -2.10. The molecular weight excluding hydrogens is 305 g/mol. The zero-order valence-corrected chi connectivity index (χ0v) is 11.6. The second-order valence-corrected chi connectivity index (χ2v) is 5.67. The van der Waals surface area contributed by atoms with Crippen molar-refractivity contribution >= 4 is 27.3 Å². The molecule has 2 aromatic rings. The molecule has 1 aromatic carbocycles. The summed E-state index contributed by atoms with van der Waals surface area (Å²) in [6.45, 7) is 1.93. The first-order chi connectivity index (χ1) is 8.06. The largest absolute Gasteiger partial charge is 0.388 e. The van der Waals surface area contributed by atoms with Gasteiger partial charge in [0.05, 0.1) is 21.3 Å². The molecule has 0 amide bonds. The van der Waals surface area contributed by atoms with E-state index in [1.54, 1.807) is 23.5 Å². The molecule has 1 aromatic heterocycles. The molecule has 90 valence electrons. The van der Waals surface area contributed by atoms with Gasteiger partial charge in [0.1, 0.15) is 5.82 Å². The maximum atomic E-state index is 13.1. The Balaban J connectivity index is 2.14. The first-order valence-electron chi connectivity index (χ1n) is 5.10. The summed E-state index contributed by atoms with van der Waals surface area (Å²) < 4.78 is 13.4. The van der Waals surface area contributed by atoms with Crippen molar-refractivity contribution in [1.29, 1.82) is 0 Å². The Morgan fingerprint density at radius 3 is 2.88 bits per heavy atom. The highest BCUT2D eigenvalue weighted by molar-refractivity contribution is 9.10. The molecule has 0 fully saturated rings. The van der Waals surface area contributed by atoms with Gasteiger partial charge in [0.25, 0.3) is 0 Å². The molecule has 1 atom stereocenters. The number of aliphatic hydroxyl groups is 1. The highest BCUT2D eigenvalue weighted by atomic mass is 79.9. The standard InChI is InChI=1S/C12H11BrFNOS/c1-7-15-9(6-17-7)5-12(16)8-2-3-11(14)10(13)4-8/h2-4,6,12,16H,5H2,1H3. The van der Waals surface area contributed by atoms with Crippen LogP contribution in [0.2, 0.25) is 0 Å². The summed E-state index contributed by atoms with van der Waals surface area (Å²) in [6.07, 6.45) is -0.212. The summed E-state index contributed by atoms with van der Waals surface area (Å²) in [6, 6.07) is 4.53. The number of hydrogen-bond acceptors (Lipinski definition) is 3. The third-order valence-corrected chi connectivity index (χ3v) is 3.83. The van der Waals surface area contributed by atoms with Crippen LogP contribution in [0.4, 0.5) is 4.39 Å². The van der Waals surface area contributed by atoms with Crippen molar-refractivity contribution in [3.8, 4) is 0 Å². The molecule has 1 unspecified atom stereocenters. The van der Waals surface area contributed by atoms with Crippen molar-refractivity contribution in [2.75, 3.05) is 0 Å². The molecule has 17 heavy (non-hydrogen) atoms. The Kier molecular flexibility index (Phi) is 3.91. The first-order valence-corrected chi connectivity index (χ1v) is 6.77. The van der Waals surface area contributed by atoms with Gasteiger partial charge in [-0.3, -0.25) is 0 Å². The van der Waals surface area contributed by atoms with E-state index in [9.17, 15) is 9.50 Å². The molecule has 0 spiro atoms. The van der Waals surface area contributed by atoms with Gasteiger partial charge >= 0.3 is 0 Å². The van der Waals surface area contributed by atoms with E-state index in [1.807, 2.05) is 12.3 Å². The maximum absolute atomic E-state index is 13.1. The number of benzene rings is 1. The van der Waals surface area contributed by atoms with Crippen LogP contribution in [-0.2, 0) is 6.42 Å². The minimum Gasteiger partial charge on any atom is -0.388 e. The fourth-order valence-corrected chi connectivity index (χ4v) is 2.56. The maximum Gasteiger partial charge on any atom is 0.137 e. The monoisotopic (exact) mass is 315 g/mol. The molecule has 0 radical (unpaired) electrons. The topological polar surface area (TPSA) is 33.1 Å². The van der Waals surface area contributed by atoms with Crippen LogP contribution in [0.1, 0.15) is 22.4 Å². The summed E-state index contributed by atoms with van der Waals surface area (Å²) in [5.41, 5.74) is 1.55. The number of aryl methyl sites for hydroxylation is 1. The number of hydrogen-bond donors (Lipinski definition) is 1. The highest BCUT2D eigenvalue weighted by Crippen LogP contribution is 2.24. The fourth-order valence-electron chi connectivity index (χ4n) is 1.54. The van der Waals surface area contributed by atoms with Gasteiger partial charge in [-0.05, 0) is 40.5 Å². The lowest BCUT2D eigenvalue weighted by atomic mass is 10.1. The predicted octanol–water partition coefficient (Wildman–Crippen LogP) is 3.63. The van der Waals surface area contributed by atoms with Crippen LogP contribution in [0, 0.1) is 12.7 Å².